The number of hydrogen-bond donors (Lipinski definition) is 3. The molecule has 0 atom stereocenters. The van der Waals surface area contributed by atoms with Gasteiger partial charge in [-0.3, -0.25) is 20.1 Å². The van der Waals surface area contributed by atoms with E-state index in [1.54, 1.807) is 26.4 Å². The van der Waals surface area contributed by atoms with Crippen LogP contribution in [0.1, 0.15) is 46.8 Å². The molecule has 2 aliphatic rings. The predicted molar refractivity (Wildman–Crippen MR) is 177 cm³/mol. The summed E-state index contributed by atoms with van der Waals surface area (Å²) >= 11 is 0. The number of nitro groups is 1. The van der Waals surface area contributed by atoms with Crippen LogP contribution < -0.4 is 9.47 Å². The zero-order valence-electron chi connectivity index (χ0n) is 25.1. The van der Waals surface area contributed by atoms with Gasteiger partial charge in [-0.2, -0.15) is 0 Å². The molecule has 0 saturated carbocycles. The minimum atomic E-state index is -0.292. The minimum Gasteiger partial charge on any atom is -0.497 e. The van der Waals surface area contributed by atoms with Crippen molar-refractivity contribution >= 4 is 49.8 Å². The number of aliphatic imine (C=N–C) groups is 2. The number of ether oxygens (including phenoxy) is 2. The van der Waals surface area contributed by atoms with Gasteiger partial charge in [0, 0.05) is 59.3 Å². The fourth-order valence-electron chi connectivity index (χ4n) is 7.26. The number of aromatic amines is 3. The van der Waals surface area contributed by atoms with E-state index in [0.717, 1.165) is 69.3 Å². The van der Waals surface area contributed by atoms with Crippen molar-refractivity contribution in [1.82, 2.24) is 15.0 Å². The van der Waals surface area contributed by atoms with Crippen LogP contribution in [0.2, 0.25) is 0 Å². The number of nitrogens with one attached hydrogen (secondary N) is 3. The Balaban J connectivity index is 1.24. The molecule has 8 rings (SSSR count). The van der Waals surface area contributed by atoms with Crippen molar-refractivity contribution in [2.24, 2.45) is 9.98 Å². The summed E-state index contributed by atoms with van der Waals surface area (Å²) < 4.78 is 11.0. The summed E-state index contributed by atoms with van der Waals surface area (Å²) in [5, 5.41) is 15.2. The van der Waals surface area contributed by atoms with E-state index < -0.39 is 0 Å². The fraction of sp³-hybridized carbons (Fsp3) is 0.257. The maximum atomic E-state index is 12.2. The molecule has 2 aliphatic heterocycles. The quantitative estimate of drug-likeness (QED) is 0.128. The van der Waals surface area contributed by atoms with Gasteiger partial charge in [0.25, 0.3) is 5.69 Å². The molecule has 0 radical (unpaired) electrons. The molecular formula is C35H32N6O4. The van der Waals surface area contributed by atoms with E-state index in [1.807, 2.05) is 36.5 Å². The van der Waals surface area contributed by atoms with Gasteiger partial charge in [0.1, 0.15) is 11.5 Å². The molecule has 0 spiro atoms. The first-order valence-corrected chi connectivity index (χ1v) is 15.2. The number of hydrogen-bond acceptors (Lipinski definition) is 6. The SMILES string of the molecule is COc1ccc2c3c([nH]c2c1)C(CC(CC1=NCCc2c1[nH]c1cc(OC)ccc21)c1c[nH]c2cccc([N+](=O)[O-])c12)=NCC3. The summed E-state index contributed by atoms with van der Waals surface area (Å²) in [6.07, 6.45) is 4.83. The summed E-state index contributed by atoms with van der Waals surface area (Å²) in [6.45, 7) is 1.38. The van der Waals surface area contributed by atoms with E-state index >= 15 is 0 Å². The van der Waals surface area contributed by atoms with Crippen LogP contribution in [0.15, 0.2) is 70.8 Å². The molecule has 0 bridgehead atoms. The van der Waals surface area contributed by atoms with E-state index in [4.69, 9.17) is 19.5 Å². The molecule has 3 aromatic carbocycles. The maximum absolute atomic E-state index is 12.2. The Labute approximate surface area is 258 Å². The van der Waals surface area contributed by atoms with E-state index in [0.29, 0.717) is 31.3 Å². The Morgan fingerprint density at radius 3 is 1.93 bits per heavy atom. The topological polar surface area (TPSA) is 134 Å². The lowest BCUT2D eigenvalue weighted by molar-refractivity contribution is -0.383. The average Bonchev–Trinajstić information content (AvgIpc) is 3.77. The van der Waals surface area contributed by atoms with Gasteiger partial charge in [-0.1, -0.05) is 6.07 Å². The summed E-state index contributed by atoms with van der Waals surface area (Å²) in [6, 6.07) is 17.4. The second kappa shape index (κ2) is 10.7. The Hall–Kier alpha value is -5.38. The number of aromatic nitrogens is 3. The number of non-ortho nitro benzene ring substituents is 1. The van der Waals surface area contributed by atoms with Crippen molar-refractivity contribution in [3.8, 4) is 11.5 Å². The molecule has 0 fully saturated rings. The molecule has 10 nitrogen and oxygen atoms in total. The summed E-state index contributed by atoms with van der Waals surface area (Å²) in [7, 11) is 3.34. The van der Waals surface area contributed by atoms with Crippen molar-refractivity contribution in [2.75, 3.05) is 27.3 Å². The first kappa shape index (κ1) is 27.2. The Kier molecular flexibility index (Phi) is 6.44. The Bertz CT molecular complexity index is 2090. The highest BCUT2D eigenvalue weighted by molar-refractivity contribution is 6.09. The molecule has 0 amide bonds. The number of nitro benzene ring substituents is 1. The largest absolute Gasteiger partial charge is 0.497 e. The van der Waals surface area contributed by atoms with Gasteiger partial charge in [0.05, 0.1) is 52.9 Å². The molecule has 6 aromatic rings. The second-order valence-electron chi connectivity index (χ2n) is 11.7. The van der Waals surface area contributed by atoms with Gasteiger partial charge >= 0.3 is 0 Å². The third-order valence-corrected chi connectivity index (χ3v) is 9.36. The van der Waals surface area contributed by atoms with Gasteiger partial charge in [-0.15, -0.1) is 0 Å². The van der Waals surface area contributed by atoms with Crippen molar-refractivity contribution in [2.45, 2.75) is 31.6 Å². The molecule has 0 aliphatic carbocycles. The molecule has 3 N–H and O–H groups in total. The lowest BCUT2D eigenvalue weighted by atomic mass is 9.84. The van der Waals surface area contributed by atoms with Gasteiger partial charge in [-0.05, 0) is 78.6 Å². The number of H-pyrrole nitrogens is 3. The van der Waals surface area contributed by atoms with Crippen LogP contribution in [0.3, 0.4) is 0 Å². The van der Waals surface area contributed by atoms with Crippen molar-refractivity contribution in [1.29, 1.82) is 0 Å². The smallest absolute Gasteiger partial charge is 0.279 e. The molecule has 0 saturated heterocycles. The number of benzene rings is 3. The highest BCUT2D eigenvalue weighted by atomic mass is 16.6. The normalized spacial score (nSPS) is 14.5. The zero-order valence-corrected chi connectivity index (χ0v) is 25.1. The molecule has 45 heavy (non-hydrogen) atoms. The number of fused-ring (bicyclic) bond motifs is 7. The van der Waals surface area contributed by atoms with Gasteiger partial charge in [0.2, 0.25) is 0 Å². The molecule has 10 heteroatoms. The first-order chi connectivity index (χ1) is 22.0. The molecule has 0 unspecified atom stereocenters. The Morgan fingerprint density at radius 1 is 0.822 bits per heavy atom. The van der Waals surface area contributed by atoms with Crippen LogP contribution >= 0.6 is 0 Å². The van der Waals surface area contributed by atoms with Crippen LogP contribution in [0.4, 0.5) is 5.69 Å². The third kappa shape index (κ3) is 4.47. The van der Waals surface area contributed by atoms with E-state index in [9.17, 15) is 10.1 Å². The summed E-state index contributed by atoms with van der Waals surface area (Å²) in [5.41, 5.74) is 10.3. The van der Waals surface area contributed by atoms with Crippen LogP contribution in [0.25, 0.3) is 32.7 Å². The molecule has 5 heterocycles. The predicted octanol–water partition coefficient (Wildman–Crippen LogP) is 7.01. The van der Waals surface area contributed by atoms with Crippen LogP contribution in [-0.4, -0.2) is 58.6 Å². The zero-order chi connectivity index (χ0) is 30.7. The van der Waals surface area contributed by atoms with E-state index in [2.05, 4.69) is 27.1 Å². The lowest BCUT2D eigenvalue weighted by Crippen LogP contribution is -2.20. The van der Waals surface area contributed by atoms with Crippen LogP contribution in [0.5, 0.6) is 11.5 Å². The van der Waals surface area contributed by atoms with Crippen LogP contribution in [0, 0.1) is 10.1 Å². The summed E-state index contributed by atoms with van der Waals surface area (Å²) in [4.78, 5) is 32.6. The third-order valence-electron chi connectivity index (χ3n) is 9.36. The standard InChI is InChI=1S/C35H32N6O4/c1-44-20-6-8-22-24-10-12-36-30(34(24)39-28(22)16-20)14-19(26-18-38-27-4-3-5-32(33(26)27)41(42)43)15-31-35-25(11-13-37-31)23-9-7-21(45-2)17-29(23)40-35/h3-9,16-19,38-40H,10-15H2,1-2H3. The molecular weight excluding hydrogens is 568 g/mol. The fourth-order valence-corrected chi connectivity index (χ4v) is 7.26. The van der Waals surface area contributed by atoms with Crippen molar-refractivity contribution < 1.29 is 14.4 Å². The second-order valence-corrected chi connectivity index (χ2v) is 11.7. The summed E-state index contributed by atoms with van der Waals surface area (Å²) in [5.74, 6) is 1.47. The Morgan fingerprint density at radius 2 is 1.40 bits per heavy atom. The van der Waals surface area contributed by atoms with E-state index in [1.165, 1.54) is 21.9 Å². The lowest BCUT2D eigenvalue weighted by Gasteiger charge is -2.23. The first-order valence-electron chi connectivity index (χ1n) is 15.2. The monoisotopic (exact) mass is 600 g/mol. The highest BCUT2D eigenvalue weighted by Crippen LogP contribution is 2.40. The van der Waals surface area contributed by atoms with Gasteiger partial charge in [0.15, 0.2) is 0 Å². The maximum Gasteiger partial charge on any atom is 0.279 e. The average molecular weight is 601 g/mol. The van der Waals surface area contributed by atoms with Crippen molar-refractivity contribution in [3.63, 3.8) is 0 Å². The minimum absolute atomic E-state index is 0.0988. The van der Waals surface area contributed by atoms with Gasteiger partial charge in [-0.25, -0.2) is 0 Å². The molecule has 226 valence electrons. The van der Waals surface area contributed by atoms with Gasteiger partial charge < -0.3 is 24.4 Å². The number of methoxy groups -OCH3 is 2. The van der Waals surface area contributed by atoms with Crippen LogP contribution in [-0.2, 0) is 12.8 Å². The molecule has 3 aromatic heterocycles. The number of rotatable bonds is 8. The van der Waals surface area contributed by atoms with E-state index in [-0.39, 0.29) is 16.5 Å². The highest BCUT2D eigenvalue weighted by Gasteiger charge is 2.30. The van der Waals surface area contributed by atoms with Crippen molar-refractivity contribution in [3.05, 3.63) is 99.0 Å². The number of nitrogens with zero attached hydrogens (tertiary/aromatic N) is 3.